The molecule has 2 aliphatic heterocycles. The molecule has 1 aromatic heterocycles. The van der Waals surface area contributed by atoms with Crippen LogP contribution in [0.1, 0.15) is 46.4 Å². The molecule has 230 valence electrons. The highest BCUT2D eigenvalue weighted by atomic mass is 16.5. The summed E-state index contributed by atoms with van der Waals surface area (Å²) in [5.41, 5.74) is 2.62. The van der Waals surface area contributed by atoms with Gasteiger partial charge >= 0.3 is 0 Å². The molecule has 0 bridgehead atoms. The first-order valence-corrected chi connectivity index (χ1v) is 14.6. The number of para-hydroxylation sites is 1. The van der Waals surface area contributed by atoms with Crippen molar-refractivity contribution in [1.82, 2.24) is 36.1 Å². The van der Waals surface area contributed by atoms with Gasteiger partial charge in [-0.05, 0) is 29.7 Å². The second-order valence-corrected chi connectivity index (χ2v) is 10.7. The Morgan fingerprint density at radius 1 is 1.02 bits per heavy atom. The number of likely N-dealkylation sites (tertiary alicyclic amines) is 1. The first kappa shape index (κ1) is 30.3. The molecule has 0 saturated carbocycles. The number of aromatic nitrogens is 2. The van der Waals surface area contributed by atoms with Gasteiger partial charge in [-0.15, -0.1) is 0 Å². The van der Waals surface area contributed by atoms with Crippen LogP contribution < -0.4 is 26.0 Å². The minimum atomic E-state index is -1.24. The van der Waals surface area contributed by atoms with Gasteiger partial charge in [0.25, 0.3) is 5.91 Å². The normalized spacial score (nSPS) is 19.6. The lowest BCUT2D eigenvalue weighted by Crippen LogP contribution is -2.53. The number of H-pyrrole nitrogens is 1. The summed E-state index contributed by atoms with van der Waals surface area (Å²) < 4.78 is 5.77. The minimum absolute atomic E-state index is 0.0812. The van der Waals surface area contributed by atoms with Gasteiger partial charge in [-0.1, -0.05) is 36.4 Å². The summed E-state index contributed by atoms with van der Waals surface area (Å²) in [6, 6.07) is 11.9. The van der Waals surface area contributed by atoms with E-state index in [1.165, 1.54) is 6.33 Å². The maximum Gasteiger partial charge on any atom is 0.255 e. The first-order valence-electron chi connectivity index (χ1n) is 14.6. The van der Waals surface area contributed by atoms with Crippen LogP contribution in [0.5, 0.6) is 5.75 Å². The molecule has 0 aliphatic carbocycles. The number of imidazole rings is 1. The van der Waals surface area contributed by atoms with E-state index >= 15 is 0 Å². The topological polar surface area (TPSA) is 175 Å². The number of hydrogen-bond donors (Lipinski definition) is 5. The molecule has 13 nitrogen and oxygen atoms in total. The molecule has 1 fully saturated rings. The zero-order valence-corrected chi connectivity index (χ0v) is 24.1. The fourth-order valence-corrected chi connectivity index (χ4v) is 5.11. The second-order valence-electron chi connectivity index (χ2n) is 10.7. The molecule has 3 aromatic rings. The van der Waals surface area contributed by atoms with Gasteiger partial charge in [0, 0.05) is 44.4 Å². The molecule has 44 heavy (non-hydrogen) atoms. The highest BCUT2D eigenvalue weighted by Crippen LogP contribution is 2.19. The number of carbonyl (C=O) groups excluding carboxylic acids is 5. The Morgan fingerprint density at radius 3 is 2.57 bits per heavy atom. The van der Waals surface area contributed by atoms with E-state index < -0.39 is 42.1 Å². The molecule has 5 rings (SSSR count). The van der Waals surface area contributed by atoms with Crippen LogP contribution in [0, 0.1) is 0 Å². The van der Waals surface area contributed by atoms with E-state index in [4.69, 9.17) is 4.74 Å². The predicted octanol–water partition coefficient (Wildman–Crippen LogP) is 0.573. The fraction of sp³-hybridized carbons (Fsp3) is 0.355. The average molecular weight is 602 g/mol. The number of benzene rings is 2. The van der Waals surface area contributed by atoms with Gasteiger partial charge in [-0.3, -0.25) is 24.0 Å². The third kappa shape index (κ3) is 8.00. The van der Waals surface area contributed by atoms with Gasteiger partial charge in [0.2, 0.25) is 23.6 Å². The van der Waals surface area contributed by atoms with E-state index in [1.54, 1.807) is 30.5 Å². The summed E-state index contributed by atoms with van der Waals surface area (Å²) in [4.78, 5) is 73.5. The number of amides is 5. The SMILES string of the molecule is O=C1C[C@@H](C(=O)NCc2ccc(CN3CCCC3=O)cc2)NC(=O)c2ccccc2OCCNC(=O)[C@H](Cc2cnc[nH]2)N1. The number of hydrogen-bond acceptors (Lipinski definition) is 7. The molecule has 2 atom stereocenters. The third-order valence-corrected chi connectivity index (χ3v) is 7.47. The predicted molar refractivity (Wildman–Crippen MR) is 158 cm³/mol. The van der Waals surface area contributed by atoms with Gasteiger partial charge in [0.05, 0.1) is 24.9 Å². The molecule has 5 N–H and O–H groups in total. The van der Waals surface area contributed by atoms with Crippen LogP contribution in [-0.2, 0) is 38.7 Å². The number of nitrogens with zero attached hydrogens (tertiary/aromatic N) is 2. The maximum atomic E-state index is 13.4. The minimum Gasteiger partial charge on any atom is -0.491 e. The fourth-order valence-electron chi connectivity index (χ4n) is 5.11. The van der Waals surface area contributed by atoms with E-state index in [0.717, 1.165) is 24.1 Å². The zero-order valence-electron chi connectivity index (χ0n) is 24.1. The van der Waals surface area contributed by atoms with Crippen molar-refractivity contribution >= 4 is 29.5 Å². The van der Waals surface area contributed by atoms with Crippen LogP contribution in [-0.4, -0.2) is 76.2 Å². The molecule has 13 heteroatoms. The van der Waals surface area contributed by atoms with Crippen LogP contribution in [0.4, 0.5) is 0 Å². The van der Waals surface area contributed by atoms with Gasteiger partial charge in [0.1, 0.15) is 24.4 Å². The summed E-state index contributed by atoms with van der Waals surface area (Å²) >= 11 is 0. The number of aromatic amines is 1. The van der Waals surface area contributed by atoms with Crippen molar-refractivity contribution in [2.45, 2.75) is 50.9 Å². The molecule has 3 heterocycles. The van der Waals surface area contributed by atoms with E-state index in [9.17, 15) is 24.0 Å². The molecular formula is C31H35N7O6. The van der Waals surface area contributed by atoms with E-state index in [1.807, 2.05) is 29.2 Å². The van der Waals surface area contributed by atoms with Crippen molar-refractivity contribution in [3.63, 3.8) is 0 Å². The molecule has 1 saturated heterocycles. The number of carbonyl (C=O) groups is 5. The monoisotopic (exact) mass is 601 g/mol. The Kier molecular flexibility index (Phi) is 9.85. The van der Waals surface area contributed by atoms with Crippen LogP contribution >= 0.6 is 0 Å². The van der Waals surface area contributed by atoms with Crippen LogP contribution in [0.3, 0.4) is 0 Å². The highest BCUT2D eigenvalue weighted by molar-refractivity contribution is 6.01. The third-order valence-electron chi connectivity index (χ3n) is 7.47. The smallest absolute Gasteiger partial charge is 0.255 e. The Labute approximate surface area is 254 Å². The van der Waals surface area contributed by atoms with Gasteiger partial charge in [-0.25, -0.2) is 4.98 Å². The van der Waals surface area contributed by atoms with Crippen LogP contribution in [0.15, 0.2) is 61.1 Å². The van der Waals surface area contributed by atoms with Gasteiger partial charge < -0.3 is 35.9 Å². The van der Waals surface area contributed by atoms with Gasteiger partial charge in [0.15, 0.2) is 0 Å². The van der Waals surface area contributed by atoms with Crippen molar-refractivity contribution in [3.8, 4) is 5.75 Å². The van der Waals surface area contributed by atoms with Crippen molar-refractivity contribution in [3.05, 3.63) is 83.4 Å². The highest BCUT2D eigenvalue weighted by Gasteiger charge is 2.29. The van der Waals surface area contributed by atoms with Gasteiger partial charge in [-0.2, -0.15) is 0 Å². The lowest BCUT2D eigenvalue weighted by atomic mass is 10.1. The lowest BCUT2D eigenvalue weighted by Gasteiger charge is -2.23. The molecule has 2 aliphatic rings. The number of ether oxygens (including phenoxy) is 1. The standard InChI is InChI=1S/C31H35N7O6/c39-27-15-25(31(43)34-16-20-7-9-21(10-8-20)18-38-12-3-6-28(38)40)37-29(41)23-4-1-2-5-26(23)44-13-11-33-30(42)24(36-27)14-22-17-32-19-35-22/h1-2,4-5,7-10,17,19,24-25H,3,6,11-16,18H2,(H,32,35)(H,33,42)(H,34,43)(H,36,39)(H,37,41)/t24-,25-/m0/s1. The molecule has 0 unspecified atom stereocenters. The van der Waals surface area contributed by atoms with Crippen molar-refractivity contribution in [2.75, 3.05) is 19.7 Å². The van der Waals surface area contributed by atoms with E-state index in [2.05, 4.69) is 31.2 Å². The Hall–Kier alpha value is -5.20. The molecule has 5 amide bonds. The summed E-state index contributed by atoms with van der Waals surface area (Å²) in [5.74, 6) is -1.73. The largest absolute Gasteiger partial charge is 0.491 e. The molecule has 0 spiro atoms. The summed E-state index contributed by atoms with van der Waals surface area (Å²) in [6.07, 6.45) is 4.22. The van der Waals surface area contributed by atoms with E-state index in [-0.39, 0.29) is 43.3 Å². The Bertz CT molecular complexity index is 1490. The molecular weight excluding hydrogens is 566 g/mol. The van der Waals surface area contributed by atoms with Crippen molar-refractivity contribution < 1.29 is 28.7 Å². The second kappa shape index (κ2) is 14.3. The summed E-state index contributed by atoms with van der Waals surface area (Å²) in [7, 11) is 0. The number of rotatable bonds is 7. The van der Waals surface area contributed by atoms with E-state index in [0.29, 0.717) is 18.7 Å². The quantitative estimate of drug-likeness (QED) is 0.263. The number of fused-ring (bicyclic) bond motifs is 1. The average Bonchev–Trinajstić information content (AvgIpc) is 3.69. The lowest BCUT2D eigenvalue weighted by molar-refractivity contribution is -0.131. The molecule has 0 radical (unpaired) electrons. The Morgan fingerprint density at radius 2 is 1.82 bits per heavy atom. The molecule has 2 aromatic carbocycles. The van der Waals surface area contributed by atoms with Crippen molar-refractivity contribution in [2.24, 2.45) is 0 Å². The van der Waals surface area contributed by atoms with Crippen molar-refractivity contribution in [1.29, 1.82) is 0 Å². The summed E-state index contributed by atoms with van der Waals surface area (Å²) in [5, 5.41) is 10.9. The summed E-state index contributed by atoms with van der Waals surface area (Å²) in [6.45, 7) is 1.67. The van der Waals surface area contributed by atoms with Crippen LogP contribution in [0.25, 0.3) is 0 Å². The van der Waals surface area contributed by atoms with Crippen LogP contribution in [0.2, 0.25) is 0 Å². The Balaban J connectivity index is 1.29. The zero-order chi connectivity index (χ0) is 30.9. The number of nitrogens with one attached hydrogen (secondary N) is 5. The first-order chi connectivity index (χ1) is 21.4. The maximum absolute atomic E-state index is 13.4.